The standard InChI is InChI=1S/C22H28N2O2S/c1-21(2,3)16-9-7-15(8-10-16)19(25)24(27)20(26)23-18-13-11-17(12-14-18)22(4,5)6/h7-14,27H,1-6H3,(H,23,26). The molecule has 0 spiro atoms. The lowest BCUT2D eigenvalue weighted by Crippen LogP contribution is -2.32. The van der Waals surface area contributed by atoms with E-state index in [2.05, 4.69) is 59.7 Å². The van der Waals surface area contributed by atoms with Gasteiger partial charge in [-0.2, -0.15) is 0 Å². The van der Waals surface area contributed by atoms with Crippen LogP contribution in [-0.4, -0.2) is 16.2 Å². The minimum absolute atomic E-state index is 0.00117. The number of thiol groups is 1. The van der Waals surface area contributed by atoms with E-state index in [1.54, 1.807) is 12.1 Å². The van der Waals surface area contributed by atoms with Gasteiger partial charge < -0.3 is 5.32 Å². The molecule has 0 saturated carbocycles. The number of carbonyl (C=O) groups excluding carboxylic acids is 2. The number of hydrogen-bond donors (Lipinski definition) is 2. The maximum atomic E-state index is 12.5. The summed E-state index contributed by atoms with van der Waals surface area (Å²) in [6.45, 7) is 12.7. The molecule has 0 heterocycles. The minimum atomic E-state index is -0.591. The quantitative estimate of drug-likeness (QED) is 0.643. The molecule has 0 fully saturated rings. The van der Waals surface area contributed by atoms with Crippen molar-refractivity contribution >= 4 is 30.4 Å². The highest BCUT2D eigenvalue weighted by Crippen LogP contribution is 2.24. The van der Waals surface area contributed by atoms with Crippen molar-refractivity contribution in [3.8, 4) is 0 Å². The van der Waals surface area contributed by atoms with Gasteiger partial charge in [-0.1, -0.05) is 78.6 Å². The van der Waals surface area contributed by atoms with Gasteiger partial charge in [-0.15, -0.1) is 0 Å². The first kappa shape index (κ1) is 21.0. The highest BCUT2D eigenvalue weighted by molar-refractivity contribution is 7.79. The maximum Gasteiger partial charge on any atom is 0.338 e. The van der Waals surface area contributed by atoms with Crippen LogP contribution in [-0.2, 0) is 10.8 Å². The van der Waals surface area contributed by atoms with Crippen molar-refractivity contribution in [2.24, 2.45) is 0 Å². The molecular weight excluding hydrogens is 356 g/mol. The number of carbonyl (C=O) groups is 2. The third-order valence-electron chi connectivity index (χ3n) is 4.38. The van der Waals surface area contributed by atoms with Crippen molar-refractivity contribution in [3.63, 3.8) is 0 Å². The Morgan fingerprint density at radius 3 is 1.59 bits per heavy atom. The second-order valence-electron chi connectivity index (χ2n) is 8.70. The lowest BCUT2D eigenvalue weighted by Gasteiger charge is -2.20. The van der Waals surface area contributed by atoms with Crippen LogP contribution in [0, 0.1) is 0 Å². The number of anilines is 1. The Bertz CT molecular complexity index is 813. The smallest absolute Gasteiger partial charge is 0.307 e. The molecule has 0 aliphatic carbocycles. The fraction of sp³-hybridized carbons (Fsp3) is 0.364. The number of nitrogens with zero attached hydrogens (tertiary/aromatic N) is 1. The zero-order valence-electron chi connectivity index (χ0n) is 16.8. The molecule has 0 aliphatic heterocycles. The molecule has 0 saturated heterocycles. The molecule has 4 nitrogen and oxygen atoms in total. The van der Waals surface area contributed by atoms with Crippen LogP contribution in [0.5, 0.6) is 0 Å². The van der Waals surface area contributed by atoms with Crippen molar-refractivity contribution in [1.82, 2.24) is 4.31 Å². The van der Waals surface area contributed by atoms with Crippen LogP contribution in [0.3, 0.4) is 0 Å². The first-order chi connectivity index (χ1) is 12.4. The highest BCUT2D eigenvalue weighted by atomic mass is 32.1. The maximum absolute atomic E-state index is 12.5. The van der Waals surface area contributed by atoms with Gasteiger partial charge in [0.1, 0.15) is 0 Å². The molecular formula is C22H28N2O2S. The molecule has 1 N–H and O–H groups in total. The van der Waals surface area contributed by atoms with E-state index < -0.39 is 11.9 Å². The van der Waals surface area contributed by atoms with Crippen LogP contribution in [0.4, 0.5) is 10.5 Å². The van der Waals surface area contributed by atoms with E-state index in [0.717, 1.165) is 9.87 Å². The largest absolute Gasteiger partial charge is 0.338 e. The third-order valence-corrected chi connectivity index (χ3v) is 4.75. The summed E-state index contributed by atoms with van der Waals surface area (Å²) in [5.74, 6) is -0.470. The molecule has 0 unspecified atom stereocenters. The first-order valence-corrected chi connectivity index (χ1v) is 9.35. The molecule has 0 bridgehead atoms. The number of benzene rings is 2. The van der Waals surface area contributed by atoms with Crippen LogP contribution < -0.4 is 5.32 Å². The lowest BCUT2D eigenvalue weighted by molar-refractivity contribution is 0.0901. The monoisotopic (exact) mass is 384 g/mol. The molecule has 2 aromatic carbocycles. The average Bonchev–Trinajstić information content (AvgIpc) is 2.59. The number of urea groups is 1. The molecule has 0 aromatic heterocycles. The molecule has 3 amide bonds. The van der Waals surface area contributed by atoms with Gasteiger partial charge in [0.2, 0.25) is 0 Å². The number of nitrogens with one attached hydrogen (secondary N) is 1. The average molecular weight is 385 g/mol. The second-order valence-corrected chi connectivity index (χ2v) is 9.10. The van der Waals surface area contributed by atoms with Gasteiger partial charge in [-0.25, -0.2) is 9.10 Å². The summed E-state index contributed by atoms with van der Waals surface area (Å²) in [6.07, 6.45) is 0. The Morgan fingerprint density at radius 2 is 1.19 bits per heavy atom. The van der Waals surface area contributed by atoms with Gasteiger partial charge in [0.25, 0.3) is 5.91 Å². The van der Waals surface area contributed by atoms with E-state index in [0.29, 0.717) is 11.3 Å². The Kier molecular flexibility index (Phi) is 6.05. The SMILES string of the molecule is CC(C)(C)c1ccc(NC(=O)N(S)C(=O)c2ccc(C(C)(C)C)cc2)cc1. The Hall–Kier alpha value is -2.27. The van der Waals surface area contributed by atoms with Gasteiger partial charge in [0.05, 0.1) is 0 Å². The van der Waals surface area contributed by atoms with Crippen LogP contribution in [0.1, 0.15) is 63.0 Å². The molecule has 144 valence electrons. The van der Waals surface area contributed by atoms with Gasteiger partial charge >= 0.3 is 6.03 Å². The normalized spacial score (nSPS) is 11.8. The number of hydrogen-bond acceptors (Lipinski definition) is 3. The summed E-state index contributed by atoms with van der Waals surface area (Å²) < 4.78 is 0.795. The number of rotatable bonds is 2. The Balaban J connectivity index is 2.07. The molecule has 0 atom stereocenters. The van der Waals surface area contributed by atoms with Crippen molar-refractivity contribution in [1.29, 1.82) is 0 Å². The summed E-state index contributed by atoms with van der Waals surface area (Å²) in [5, 5.41) is 2.70. The van der Waals surface area contributed by atoms with Crippen LogP contribution in [0.2, 0.25) is 0 Å². The fourth-order valence-electron chi connectivity index (χ4n) is 2.56. The van der Waals surface area contributed by atoms with Gasteiger partial charge in [0, 0.05) is 11.3 Å². The van der Waals surface area contributed by atoms with E-state index in [4.69, 9.17) is 0 Å². The minimum Gasteiger partial charge on any atom is -0.307 e. The molecule has 2 rings (SSSR count). The topological polar surface area (TPSA) is 49.4 Å². The molecule has 0 radical (unpaired) electrons. The van der Waals surface area contributed by atoms with Gasteiger partial charge in [-0.05, 0) is 46.2 Å². The lowest BCUT2D eigenvalue weighted by atomic mass is 9.87. The van der Waals surface area contributed by atoms with Crippen LogP contribution >= 0.6 is 12.8 Å². The molecule has 2 aromatic rings. The fourth-order valence-corrected chi connectivity index (χ4v) is 2.72. The molecule has 27 heavy (non-hydrogen) atoms. The van der Waals surface area contributed by atoms with Crippen molar-refractivity contribution in [2.75, 3.05) is 5.32 Å². The summed E-state index contributed by atoms with van der Waals surface area (Å²) in [7, 11) is 0. The highest BCUT2D eigenvalue weighted by Gasteiger charge is 2.21. The van der Waals surface area contributed by atoms with Crippen LogP contribution in [0.25, 0.3) is 0 Å². The van der Waals surface area contributed by atoms with E-state index >= 15 is 0 Å². The van der Waals surface area contributed by atoms with E-state index in [1.165, 1.54) is 5.56 Å². The zero-order chi connectivity index (χ0) is 20.4. The predicted octanol–water partition coefficient (Wildman–Crippen LogP) is 5.80. The molecule has 5 heteroatoms. The van der Waals surface area contributed by atoms with Crippen molar-refractivity contribution < 1.29 is 9.59 Å². The number of imide groups is 1. The third kappa shape index (κ3) is 5.36. The van der Waals surface area contributed by atoms with Gasteiger partial charge in [0.15, 0.2) is 0 Å². The zero-order valence-corrected chi connectivity index (χ0v) is 17.7. The molecule has 0 aliphatic rings. The van der Waals surface area contributed by atoms with Gasteiger partial charge in [-0.3, -0.25) is 4.79 Å². The Morgan fingerprint density at radius 1 is 0.778 bits per heavy atom. The van der Waals surface area contributed by atoms with Crippen molar-refractivity contribution in [3.05, 3.63) is 65.2 Å². The summed E-state index contributed by atoms with van der Waals surface area (Å²) in [6, 6.07) is 14.2. The van der Waals surface area contributed by atoms with Crippen LogP contribution in [0.15, 0.2) is 48.5 Å². The second kappa shape index (κ2) is 7.77. The van der Waals surface area contributed by atoms with E-state index in [9.17, 15) is 9.59 Å². The number of amides is 3. The summed E-state index contributed by atoms with van der Waals surface area (Å²) in [4.78, 5) is 24.9. The van der Waals surface area contributed by atoms with E-state index in [-0.39, 0.29) is 10.8 Å². The Labute approximate surface area is 167 Å². The summed E-state index contributed by atoms with van der Waals surface area (Å²) >= 11 is 4.08. The predicted molar refractivity (Wildman–Crippen MR) is 114 cm³/mol. The first-order valence-electron chi connectivity index (χ1n) is 8.95. The summed E-state index contributed by atoms with van der Waals surface area (Å²) in [5.41, 5.74) is 3.34. The van der Waals surface area contributed by atoms with Crippen molar-refractivity contribution in [2.45, 2.75) is 52.4 Å². The van der Waals surface area contributed by atoms with E-state index in [1.807, 2.05) is 36.4 Å².